The van der Waals surface area contributed by atoms with Crippen LogP contribution in [0.15, 0.2) is 24.3 Å². The first kappa shape index (κ1) is 12.0. The summed E-state index contributed by atoms with van der Waals surface area (Å²) in [6.07, 6.45) is 0. The molecule has 0 spiro atoms. The van der Waals surface area contributed by atoms with E-state index in [-0.39, 0.29) is 5.91 Å². The van der Waals surface area contributed by atoms with Gasteiger partial charge in [0.1, 0.15) is 5.75 Å². The van der Waals surface area contributed by atoms with Gasteiger partial charge in [0.25, 0.3) is 5.91 Å². The highest BCUT2D eigenvalue weighted by atomic mass is 79.9. The van der Waals surface area contributed by atoms with E-state index < -0.39 is 0 Å². The highest BCUT2D eigenvalue weighted by Gasteiger charge is 2.04. The Morgan fingerprint density at radius 3 is 3.00 bits per heavy atom. The molecule has 0 aliphatic heterocycles. The van der Waals surface area contributed by atoms with Gasteiger partial charge in [0.15, 0.2) is 0 Å². The molecule has 0 aliphatic rings. The standard InChI is InChI=1S/C11H14BrNO2/c1-2-13-11(14)9-4-3-5-10(8-9)15-7-6-12/h3-5,8H,2,6-7H2,1H3,(H,13,14). The van der Waals surface area contributed by atoms with Gasteiger partial charge in [0.2, 0.25) is 0 Å². The van der Waals surface area contributed by atoms with Gasteiger partial charge in [-0.3, -0.25) is 4.79 Å². The first-order valence-electron chi connectivity index (χ1n) is 4.85. The molecule has 0 saturated carbocycles. The topological polar surface area (TPSA) is 38.3 Å². The van der Waals surface area contributed by atoms with Crippen molar-refractivity contribution in [3.05, 3.63) is 29.8 Å². The summed E-state index contributed by atoms with van der Waals surface area (Å²) in [5.74, 6) is 0.653. The summed E-state index contributed by atoms with van der Waals surface area (Å²) in [4.78, 5) is 11.5. The minimum atomic E-state index is -0.0678. The van der Waals surface area contributed by atoms with Crippen LogP contribution < -0.4 is 10.1 Å². The van der Waals surface area contributed by atoms with Crippen molar-refractivity contribution in [2.45, 2.75) is 6.92 Å². The van der Waals surface area contributed by atoms with Gasteiger partial charge in [0.05, 0.1) is 6.61 Å². The Hall–Kier alpha value is -1.03. The van der Waals surface area contributed by atoms with Crippen LogP contribution in [0.1, 0.15) is 17.3 Å². The predicted octanol–water partition coefficient (Wildman–Crippen LogP) is 2.21. The molecule has 1 N–H and O–H groups in total. The van der Waals surface area contributed by atoms with Gasteiger partial charge in [-0.2, -0.15) is 0 Å². The molecule has 0 bridgehead atoms. The normalized spacial score (nSPS) is 9.73. The Labute approximate surface area is 97.9 Å². The number of hydrogen-bond acceptors (Lipinski definition) is 2. The molecule has 3 nitrogen and oxygen atoms in total. The number of alkyl halides is 1. The summed E-state index contributed by atoms with van der Waals surface area (Å²) in [6.45, 7) is 3.12. The Balaban J connectivity index is 2.69. The zero-order valence-electron chi connectivity index (χ0n) is 8.63. The number of benzene rings is 1. The van der Waals surface area contributed by atoms with Crippen molar-refractivity contribution in [2.75, 3.05) is 18.5 Å². The molecule has 0 unspecified atom stereocenters. The number of ether oxygens (including phenoxy) is 1. The zero-order chi connectivity index (χ0) is 11.1. The molecule has 0 heterocycles. The summed E-state index contributed by atoms with van der Waals surface area (Å²) in [5, 5.41) is 3.52. The number of rotatable bonds is 5. The van der Waals surface area contributed by atoms with E-state index in [4.69, 9.17) is 4.74 Å². The molecule has 4 heteroatoms. The largest absolute Gasteiger partial charge is 0.493 e. The number of nitrogens with one attached hydrogen (secondary N) is 1. The van der Waals surface area contributed by atoms with Crippen LogP contribution in [-0.4, -0.2) is 24.4 Å². The summed E-state index contributed by atoms with van der Waals surface area (Å²) in [6, 6.07) is 7.17. The summed E-state index contributed by atoms with van der Waals surface area (Å²) in [7, 11) is 0. The molecule has 1 amide bonds. The van der Waals surface area contributed by atoms with Gasteiger partial charge >= 0.3 is 0 Å². The van der Waals surface area contributed by atoms with Gasteiger partial charge in [0, 0.05) is 17.4 Å². The fourth-order valence-electron chi connectivity index (χ4n) is 1.15. The van der Waals surface area contributed by atoms with Gasteiger partial charge < -0.3 is 10.1 Å². The average molecular weight is 272 g/mol. The third-order valence-corrected chi connectivity index (χ3v) is 2.10. The Morgan fingerprint density at radius 1 is 1.53 bits per heavy atom. The second kappa shape index (κ2) is 6.45. The Bertz CT molecular complexity index is 328. The number of halogens is 1. The van der Waals surface area contributed by atoms with Crippen molar-refractivity contribution < 1.29 is 9.53 Å². The number of carbonyl (C=O) groups excluding carboxylic acids is 1. The average Bonchev–Trinajstić information content (AvgIpc) is 2.27. The molecule has 1 rings (SSSR count). The second-order valence-electron chi connectivity index (χ2n) is 2.92. The van der Waals surface area contributed by atoms with Crippen LogP contribution in [-0.2, 0) is 0 Å². The first-order chi connectivity index (χ1) is 7.27. The lowest BCUT2D eigenvalue weighted by Gasteiger charge is -2.06. The van der Waals surface area contributed by atoms with Crippen molar-refractivity contribution in [1.29, 1.82) is 0 Å². The minimum absolute atomic E-state index is 0.0678. The van der Waals surface area contributed by atoms with Crippen molar-refractivity contribution >= 4 is 21.8 Å². The maximum atomic E-state index is 11.5. The number of amides is 1. The molecule has 82 valence electrons. The molecular weight excluding hydrogens is 258 g/mol. The maximum Gasteiger partial charge on any atom is 0.251 e. The fourth-order valence-corrected chi connectivity index (χ4v) is 1.31. The third-order valence-electron chi connectivity index (χ3n) is 1.78. The smallest absolute Gasteiger partial charge is 0.251 e. The van der Waals surface area contributed by atoms with Crippen LogP contribution >= 0.6 is 15.9 Å². The van der Waals surface area contributed by atoms with Crippen LogP contribution in [0, 0.1) is 0 Å². The van der Waals surface area contributed by atoms with Crippen molar-refractivity contribution in [3.63, 3.8) is 0 Å². The van der Waals surface area contributed by atoms with Crippen molar-refractivity contribution in [1.82, 2.24) is 5.32 Å². The van der Waals surface area contributed by atoms with Gasteiger partial charge in [-0.1, -0.05) is 22.0 Å². The van der Waals surface area contributed by atoms with Crippen LogP contribution in [0.2, 0.25) is 0 Å². The predicted molar refractivity (Wildman–Crippen MR) is 63.7 cm³/mol. The van der Waals surface area contributed by atoms with Crippen LogP contribution in [0.25, 0.3) is 0 Å². The SMILES string of the molecule is CCNC(=O)c1cccc(OCCBr)c1. The number of carbonyl (C=O) groups is 1. The molecule has 0 radical (unpaired) electrons. The molecule has 0 aliphatic carbocycles. The van der Waals surface area contributed by atoms with Crippen molar-refractivity contribution in [2.24, 2.45) is 0 Å². The zero-order valence-corrected chi connectivity index (χ0v) is 10.2. The fraction of sp³-hybridized carbons (Fsp3) is 0.364. The molecule has 1 aromatic carbocycles. The van der Waals surface area contributed by atoms with Gasteiger partial charge in [-0.25, -0.2) is 0 Å². The summed E-state index contributed by atoms with van der Waals surface area (Å²) >= 11 is 3.27. The lowest BCUT2D eigenvalue weighted by Crippen LogP contribution is -2.22. The highest BCUT2D eigenvalue weighted by Crippen LogP contribution is 2.13. The van der Waals surface area contributed by atoms with Crippen LogP contribution in [0.5, 0.6) is 5.75 Å². The van der Waals surface area contributed by atoms with Crippen molar-refractivity contribution in [3.8, 4) is 5.75 Å². The lowest BCUT2D eigenvalue weighted by atomic mass is 10.2. The molecule has 0 saturated heterocycles. The monoisotopic (exact) mass is 271 g/mol. The third kappa shape index (κ3) is 3.91. The van der Waals surface area contributed by atoms with E-state index in [1.54, 1.807) is 12.1 Å². The van der Waals surface area contributed by atoms with Crippen LogP contribution in [0.4, 0.5) is 0 Å². The van der Waals surface area contributed by atoms with E-state index >= 15 is 0 Å². The summed E-state index contributed by atoms with van der Waals surface area (Å²) < 4.78 is 5.40. The molecule has 0 fully saturated rings. The second-order valence-corrected chi connectivity index (χ2v) is 3.72. The number of hydrogen-bond donors (Lipinski definition) is 1. The Morgan fingerprint density at radius 2 is 2.33 bits per heavy atom. The van der Waals surface area contributed by atoms with Gasteiger partial charge in [-0.05, 0) is 25.1 Å². The summed E-state index contributed by atoms with van der Waals surface area (Å²) in [5.41, 5.74) is 0.629. The highest BCUT2D eigenvalue weighted by molar-refractivity contribution is 9.09. The lowest BCUT2D eigenvalue weighted by molar-refractivity contribution is 0.0955. The molecule has 0 atom stereocenters. The van der Waals surface area contributed by atoms with E-state index in [1.807, 2.05) is 19.1 Å². The molecule has 15 heavy (non-hydrogen) atoms. The van der Waals surface area contributed by atoms with E-state index in [2.05, 4.69) is 21.2 Å². The molecule has 1 aromatic rings. The van der Waals surface area contributed by atoms with E-state index in [1.165, 1.54) is 0 Å². The quantitative estimate of drug-likeness (QED) is 0.834. The minimum Gasteiger partial charge on any atom is -0.493 e. The van der Waals surface area contributed by atoms with E-state index in [9.17, 15) is 4.79 Å². The maximum absolute atomic E-state index is 11.5. The molecular formula is C11H14BrNO2. The first-order valence-corrected chi connectivity index (χ1v) is 5.97. The van der Waals surface area contributed by atoms with Gasteiger partial charge in [-0.15, -0.1) is 0 Å². The van der Waals surface area contributed by atoms with E-state index in [0.29, 0.717) is 18.7 Å². The Kier molecular flexibility index (Phi) is 5.18. The van der Waals surface area contributed by atoms with E-state index in [0.717, 1.165) is 11.1 Å². The molecule has 0 aromatic heterocycles. The van der Waals surface area contributed by atoms with Crippen LogP contribution in [0.3, 0.4) is 0 Å².